The van der Waals surface area contributed by atoms with E-state index in [1.54, 1.807) is 25.2 Å². The Morgan fingerprint density at radius 1 is 1.20 bits per heavy atom. The molecule has 0 spiro atoms. The summed E-state index contributed by atoms with van der Waals surface area (Å²) >= 11 is 0. The van der Waals surface area contributed by atoms with Gasteiger partial charge in [0, 0.05) is 24.7 Å². The summed E-state index contributed by atoms with van der Waals surface area (Å²) in [6.07, 6.45) is 3.26. The fourth-order valence-corrected chi connectivity index (χ4v) is 1.91. The molecule has 0 aliphatic carbocycles. The topological polar surface area (TPSA) is 84.2 Å². The van der Waals surface area contributed by atoms with Crippen molar-refractivity contribution in [2.24, 2.45) is 5.73 Å². The van der Waals surface area contributed by atoms with E-state index in [0.29, 0.717) is 18.5 Å². The number of rotatable bonds is 7. The zero-order valence-corrected chi connectivity index (χ0v) is 12.2. The summed E-state index contributed by atoms with van der Waals surface area (Å²) in [6, 6.07) is 5.23. The van der Waals surface area contributed by atoms with Crippen molar-refractivity contribution in [1.29, 1.82) is 0 Å². The van der Waals surface area contributed by atoms with E-state index in [2.05, 4.69) is 10.6 Å². The first-order valence-electron chi connectivity index (χ1n) is 6.91. The van der Waals surface area contributed by atoms with Crippen molar-refractivity contribution in [3.63, 3.8) is 0 Å². The summed E-state index contributed by atoms with van der Waals surface area (Å²) in [5.74, 6) is -0.134. The molecule has 2 amide bonds. The van der Waals surface area contributed by atoms with Gasteiger partial charge in [-0.1, -0.05) is 6.42 Å². The van der Waals surface area contributed by atoms with E-state index in [9.17, 15) is 9.59 Å². The van der Waals surface area contributed by atoms with Crippen molar-refractivity contribution in [2.75, 3.05) is 18.9 Å². The van der Waals surface area contributed by atoms with Crippen LogP contribution in [0, 0.1) is 6.92 Å². The maximum Gasteiger partial charge on any atom is 0.251 e. The van der Waals surface area contributed by atoms with E-state index >= 15 is 0 Å². The van der Waals surface area contributed by atoms with Gasteiger partial charge in [-0.15, -0.1) is 0 Å². The molecule has 0 aliphatic rings. The van der Waals surface area contributed by atoms with Crippen LogP contribution in [0.4, 0.5) is 5.69 Å². The third-order valence-corrected chi connectivity index (χ3v) is 3.10. The fraction of sp³-hybridized carbons (Fsp3) is 0.467. The molecule has 1 aromatic rings. The Morgan fingerprint density at radius 2 is 1.95 bits per heavy atom. The highest BCUT2D eigenvalue weighted by Crippen LogP contribution is 2.17. The highest BCUT2D eigenvalue weighted by molar-refractivity contribution is 5.96. The van der Waals surface area contributed by atoms with Gasteiger partial charge in [0.2, 0.25) is 5.91 Å². The molecule has 0 saturated carbocycles. The lowest BCUT2D eigenvalue weighted by molar-refractivity contribution is -0.116. The van der Waals surface area contributed by atoms with E-state index in [-0.39, 0.29) is 11.8 Å². The summed E-state index contributed by atoms with van der Waals surface area (Å²) in [6.45, 7) is 2.54. The largest absolute Gasteiger partial charge is 0.355 e. The average Bonchev–Trinajstić information content (AvgIpc) is 2.45. The number of aryl methyl sites for hydroxylation is 1. The molecular formula is C15H23N3O2. The molecule has 0 heterocycles. The smallest absolute Gasteiger partial charge is 0.251 e. The van der Waals surface area contributed by atoms with E-state index in [4.69, 9.17) is 5.73 Å². The van der Waals surface area contributed by atoms with Crippen LogP contribution in [0.5, 0.6) is 0 Å². The average molecular weight is 277 g/mol. The molecule has 4 N–H and O–H groups in total. The van der Waals surface area contributed by atoms with Gasteiger partial charge in [-0.2, -0.15) is 0 Å². The molecular weight excluding hydrogens is 254 g/mol. The second-order valence-electron chi connectivity index (χ2n) is 4.76. The molecule has 1 rings (SSSR count). The summed E-state index contributed by atoms with van der Waals surface area (Å²) < 4.78 is 0. The third-order valence-electron chi connectivity index (χ3n) is 3.10. The predicted octanol–water partition coefficient (Wildman–Crippen LogP) is 1.81. The first-order chi connectivity index (χ1) is 9.58. The van der Waals surface area contributed by atoms with Gasteiger partial charge in [0.1, 0.15) is 0 Å². The molecule has 0 fully saturated rings. The van der Waals surface area contributed by atoms with Crippen molar-refractivity contribution in [3.05, 3.63) is 29.3 Å². The minimum atomic E-state index is -0.132. The van der Waals surface area contributed by atoms with Crippen molar-refractivity contribution >= 4 is 17.5 Å². The van der Waals surface area contributed by atoms with Crippen molar-refractivity contribution in [2.45, 2.75) is 32.6 Å². The van der Waals surface area contributed by atoms with E-state index in [1.807, 2.05) is 6.92 Å². The predicted molar refractivity (Wildman–Crippen MR) is 80.7 cm³/mol. The maximum atomic E-state index is 11.8. The zero-order valence-electron chi connectivity index (χ0n) is 12.2. The fourth-order valence-electron chi connectivity index (χ4n) is 1.91. The molecule has 0 aromatic heterocycles. The molecule has 0 atom stereocenters. The lowest BCUT2D eigenvalue weighted by Gasteiger charge is -2.10. The number of benzene rings is 1. The summed E-state index contributed by atoms with van der Waals surface area (Å²) in [5.41, 5.74) is 7.62. The number of carbonyl (C=O) groups excluding carboxylic acids is 2. The third kappa shape index (κ3) is 5.01. The molecule has 110 valence electrons. The van der Waals surface area contributed by atoms with Crippen molar-refractivity contribution < 1.29 is 9.59 Å². The summed E-state index contributed by atoms with van der Waals surface area (Å²) in [4.78, 5) is 23.3. The molecule has 0 radical (unpaired) electrons. The van der Waals surface area contributed by atoms with Crippen LogP contribution in [0.15, 0.2) is 18.2 Å². The van der Waals surface area contributed by atoms with Gasteiger partial charge in [0.15, 0.2) is 0 Å². The normalized spacial score (nSPS) is 10.2. The number of amides is 2. The number of nitrogens with one attached hydrogen (secondary N) is 2. The number of unbranched alkanes of at least 4 members (excludes halogenated alkanes) is 2. The summed E-state index contributed by atoms with van der Waals surface area (Å²) in [5, 5.41) is 5.44. The molecule has 0 bridgehead atoms. The molecule has 0 unspecified atom stereocenters. The van der Waals surface area contributed by atoms with E-state index in [1.165, 1.54) is 0 Å². The molecule has 5 nitrogen and oxygen atoms in total. The van der Waals surface area contributed by atoms with Gasteiger partial charge < -0.3 is 16.4 Å². The van der Waals surface area contributed by atoms with Crippen LogP contribution >= 0.6 is 0 Å². The lowest BCUT2D eigenvalue weighted by Crippen LogP contribution is -2.18. The minimum Gasteiger partial charge on any atom is -0.355 e. The molecule has 5 heteroatoms. The highest BCUT2D eigenvalue weighted by Gasteiger charge is 2.08. The van der Waals surface area contributed by atoms with Crippen LogP contribution in [0.2, 0.25) is 0 Å². The second-order valence-corrected chi connectivity index (χ2v) is 4.76. The van der Waals surface area contributed by atoms with Crippen molar-refractivity contribution in [1.82, 2.24) is 5.32 Å². The first kappa shape index (κ1) is 16.2. The standard InChI is InChI=1S/C15H23N3O2/c1-11-10-12(15(20)17-2)7-8-13(11)18-14(19)6-4-3-5-9-16/h7-8,10H,3-6,9,16H2,1-2H3,(H,17,20)(H,18,19). The number of anilines is 1. The zero-order chi connectivity index (χ0) is 15.0. The molecule has 0 aliphatic heterocycles. The quantitative estimate of drug-likeness (QED) is 0.665. The Bertz CT molecular complexity index is 472. The Labute approximate surface area is 119 Å². The van der Waals surface area contributed by atoms with Crippen LogP contribution in [0.1, 0.15) is 41.6 Å². The number of hydrogen-bond acceptors (Lipinski definition) is 3. The van der Waals surface area contributed by atoms with Crippen molar-refractivity contribution in [3.8, 4) is 0 Å². The summed E-state index contributed by atoms with van der Waals surface area (Å²) in [7, 11) is 1.59. The Hall–Kier alpha value is -1.88. The monoisotopic (exact) mass is 277 g/mol. The highest BCUT2D eigenvalue weighted by atomic mass is 16.2. The first-order valence-corrected chi connectivity index (χ1v) is 6.91. The van der Waals surface area contributed by atoms with Crippen LogP contribution in [0.3, 0.4) is 0 Å². The Kier molecular flexibility index (Phi) is 6.73. The lowest BCUT2D eigenvalue weighted by atomic mass is 10.1. The number of nitrogens with two attached hydrogens (primary N) is 1. The minimum absolute atomic E-state index is 0.00202. The van der Waals surface area contributed by atoms with Gasteiger partial charge in [0.05, 0.1) is 0 Å². The number of carbonyl (C=O) groups is 2. The van der Waals surface area contributed by atoms with Gasteiger partial charge in [0.25, 0.3) is 5.91 Å². The van der Waals surface area contributed by atoms with Crippen LogP contribution in [-0.4, -0.2) is 25.4 Å². The van der Waals surface area contributed by atoms with Crippen LogP contribution < -0.4 is 16.4 Å². The molecule has 0 saturated heterocycles. The molecule has 1 aromatic carbocycles. The molecule has 20 heavy (non-hydrogen) atoms. The Balaban J connectivity index is 2.55. The second kappa shape index (κ2) is 8.32. The number of hydrogen-bond donors (Lipinski definition) is 3. The van der Waals surface area contributed by atoms with Crippen LogP contribution in [0.25, 0.3) is 0 Å². The van der Waals surface area contributed by atoms with Gasteiger partial charge >= 0.3 is 0 Å². The van der Waals surface area contributed by atoms with Crippen LogP contribution in [-0.2, 0) is 4.79 Å². The van der Waals surface area contributed by atoms with Gasteiger partial charge in [-0.3, -0.25) is 9.59 Å². The van der Waals surface area contributed by atoms with E-state index < -0.39 is 0 Å². The van der Waals surface area contributed by atoms with Gasteiger partial charge in [-0.05, 0) is 50.1 Å². The van der Waals surface area contributed by atoms with Gasteiger partial charge in [-0.25, -0.2) is 0 Å². The maximum absolute atomic E-state index is 11.8. The Morgan fingerprint density at radius 3 is 2.55 bits per heavy atom. The van der Waals surface area contributed by atoms with E-state index in [0.717, 1.165) is 30.5 Å². The SMILES string of the molecule is CNC(=O)c1ccc(NC(=O)CCCCCN)c(C)c1.